The molecule has 2 aromatic heterocycles. The highest BCUT2D eigenvalue weighted by atomic mass is 32.2. The monoisotopic (exact) mass is 428 g/mol. The topological polar surface area (TPSA) is 98.7 Å². The van der Waals surface area contributed by atoms with Crippen molar-refractivity contribution in [3.63, 3.8) is 0 Å². The average molecular weight is 429 g/mol. The molecule has 0 saturated heterocycles. The summed E-state index contributed by atoms with van der Waals surface area (Å²) in [5.74, 6) is 7.45. The van der Waals surface area contributed by atoms with E-state index in [4.69, 9.17) is 5.84 Å². The van der Waals surface area contributed by atoms with E-state index in [0.717, 1.165) is 29.9 Å². The van der Waals surface area contributed by atoms with Crippen molar-refractivity contribution in [3.8, 4) is 11.3 Å². The summed E-state index contributed by atoms with van der Waals surface area (Å²) >= 11 is 2.71. The molecule has 1 amide bonds. The number of carbonyl (C=O) groups excluding carboxylic acids is 1. The smallest absolute Gasteiger partial charge is 0.236 e. The molecular weight excluding hydrogens is 404 g/mol. The summed E-state index contributed by atoms with van der Waals surface area (Å²) in [5.41, 5.74) is 3.10. The predicted octanol–water partition coefficient (Wildman–Crippen LogP) is 4.20. The van der Waals surface area contributed by atoms with E-state index in [2.05, 4.69) is 27.4 Å². The Morgan fingerprint density at radius 3 is 2.76 bits per heavy atom. The lowest BCUT2D eigenvalue weighted by Crippen LogP contribution is -2.19. The van der Waals surface area contributed by atoms with Crippen molar-refractivity contribution >= 4 is 34.1 Å². The Bertz CT molecular complexity index is 975. The van der Waals surface area contributed by atoms with Crippen LogP contribution in [-0.2, 0) is 4.79 Å². The standard InChI is InChI=1S/C20H24N6OS2/c1-13-7-9-14(10-8-13)16-11-28-19(22-16)23-17(27)12-29-20-25-24-18(26(20)21)15-5-3-2-4-6-15/h7-11,15H,2-6,12,21H2,1H3,(H,22,23,27). The van der Waals surface area contributed by atoms with Gasteiger partial charge in [-0.15, -0.1) is 21.5 Å². The number of rotatable bonds is 6. The van der Waals surface area contributed by atoms with E-state index in [9.17, 15) is 4.79 Å². The van der Waals surface area contributed by atoms with Crippen LogP contribution in [-0.4, -0.2) is 31.5 Å². The Morgan fingerprint density at radius 2 is 2.00 bits per heavy atom. The number of benzene rings is 1. The maximum absolute atomic E-state index is 12.3. The Labute approximate surface area is 178 Å². The first-order valence-corrected chi connectivity index (χ1v) is 11.6. The molecule has 0 bridgehead atoms. The quantitative estimate of drug-likeness (QED) is 0.451. The highest BCUT2D eigenvalue weighted by Crippen LogP contribution is 2.32. The summed E-state index contributed by atoms with van der Waals surface area (Å²) in [4.78, 5) is 16.8. The number of nitrogens with one attached hydrogen (secondary N) is 1. The Hall–Kier alpha value is -2.39. The van der Waals surface area contributed by atoms with Gasteiger partial charge in [-0.3, -0.25) is 4.79 Å². The molecule has 3 aromatic rings. The summed E-state index contributed by atoms with van der Waals surface area (Å²) in [6.07, 6.45) is 5.91. The number of nitrogens with two attached hydrogens (primary N) is 1. The SMILES string of the molecule is Cc1ccc(-c2csc(NC(=O)CSc3nnc(C4CCCCC4)n3N)n2)cc1. The Morgan fingerprint density at radius 1 is 1.24 bits per heavy atom. The summed E-state index contributed by atoms with van der Waals surface area (Å²) in [6, 6.07) is 8.16. The van der Waals surface area contributed by atoms with Crippen LogP contribution in [0.15, 0.2) is 34.8 Å². The van der Waals surface area contributed by atoms with E-state index < -0.39 is 0 Å². The molecule has 1 fully saturated rings. The van der Waals surface area contributed by atoms with E-state index in [0.29, 0.717) is 16.2 Å². The fraction of sp³-hybridized carbons (Fsp3) is 0.400. The van der Waals surface area contributed by atoms with Crippen LogP contribution in [0.4, 0.5) is 5.13 Å². The molecule has 7 nitrogen and oxygen atoms in total. The van der Waals surface area contributed by atoms with Crippen molar-refractivity contribution < 1.29 is 4.79 Å². The first-order valence-electron chi connectivity index (χ1n) is 9.76. The van der Waals surface area contributed by atoms with E-state index in [1.165, 1.54) is 47.9 Å². The van der Waals surface area contributed by atoms with Crippen LogP contribution in [0.2, 0.25) is 0 Å². The molecular formula is C20H24N6OS2. The maximum atomic E-state index is 12.3. The summed E-state index contributed by atoms with van der Waals surface area (Å²) in [5, 5.41) is 14.4. The third kappa shape index (κ3) is 4.79. The number of thiazole rings is 1. The zero-order valence-corrected chi connectivity index (χ0v) is 17.9. The maximum Gasteiger partial charge on any atom is 0.236 e. The number of aromatic nitrogens is 4. The summed E-state index contributed by atoms with van der Waals surface area (Å²) < 4.78 is 1.55. The fourth-order valence-electron chi connectivity index (χ4n) is 3.50. The number of aryl methyl sites for hydroxylation is 1. The number of nitrogens with zero attached hydrogens (tertiary/aromatic N) is 4. The molecule has 0 aliphatic heterocycles. The van der Waals surface area contributed by atoms with Crippen molar-refractivity contribution in [3.05, 3.63) is 41.0 Å². The van der Waals surface area contributed by atoms with Crippen molar-refractivity contribution in [2.24, 2.45) is 0 Å². The minimum absolute atomic E-state index is 0.137. The van der Waals surface area contributed by atoms with E-state index >= 15 is 0 Å². The molecule has 1 aliphatic rings. The molecule has 1 aromatic carbocycles. The summed E-state index contributed by atoms with van der Waals surface area (Å²) in [7, 11) is 0. The second-order valence-corrected chi connectivity index (χ2v) is 9.09. The lowest BCUT2D eigenvalue weighted by Gasteiger charge is -2.20. The van der Waals surface area contributed by atoms with Gasteiger partial charge in [-0.05, 0) is 19.8 Å². The molecule has 2 heterocycles. The minimum Gasteiger partial charge on any atom is -0.336 e. The van der Waals surface area contributed by atoms with Gasteiger partial charge in [0.15, 0.2) is 11.0 Å². The first-order chi connectivity index (χ1) is 14.1. The van der Waals surface area contributed by atoms with Crippen molar-refractivity contribution in [1.82, 2.24) is 19.9 Å². The largest absolute Gasteiger partial charge is 0.336 e. The molecule has 0 unspecified atom stereocenters. The molecule has 29 heavy (non-hydrogen) atoms. The van der Waals surface area contributed by atoms with Gasteiger partial charge in [-0.2, -0.15) is 0 Å². The normalized spacial score (nSPS) is 14.8. The van der Waals surface area contributed by atoms with Gasteiger partial charge in [0, 0.05) is 16.9 Å². The van der Waals surface area contributed by atoms with Gasteiger partial charge in [-0.1, -0.05) is 60.9 Å². The van der Waals surface area contributed by atoms with Crippen molar-refractivity contribution in [2.75, 3.05) is 16.9 Å². The van der Waals surface area contributed by atoms with Gasteiger partial charge < -0.3 is 11.2 Å². The number of hydrogen-bond donors (Lipinski definition) is 2. The molecule has 1 aliphatic carbocycles. The number of carbonyl (C=O) groups is 1. The zero-order valence-electron chi connectivity index (χ0n) is 16.3. The van der Waals surface area contributed by atoms with E-state index in [-0.39, 0.29) is 11.7 Å². The van der Waals surface area contributed by atoms with Gasteiger partial charge >= 0.3 is 0 Å². The van der Waals surface area contributed by atoms with Crippen LogP contribution in [0.3, 0.4) is 0 Å². The molecule has 4 rings (SSSR count). The molecule has 1 saturated carbocycles. The highest BCUT2D eigenvalue weighted by molar-refractivity contribution is 7.99. The lowest BCUT2D eigenvalue weighted by molar-refractivity contribution is -0.113. The van der Waals surface area contributed by atoms with Crippen LogP contribution in [0, 0.1) is 6.92 Å². The number of hydrogen-bond acceptors (Lipinski definition) is 7. The number of amides is 1. The van der Waals surface area contributed by atoms with Gasteiger partial charge in [0.1, 0.15) is 0 Å². The van der Waals surface area contributed by atoms with Crippen LogP contribution in [0.1, 0.15) is 49.4 Å². The molecule has 0 atom stereocenters. The van der Waals surface area contributed by atoms with Gasteiger partial charge in [0.25, 0.3) is 0 Å². The second kappa shape index (κ2) is 8.96. The van der Waals surface area contributed by atoms with Gasteiger partial charge in [0.05, 0.1) is 11.4 Å². The summed E-state index contributed by atoms with van der Waals surface area (Å²) in [6.45, 7) is 2.05. The fourth-order valence-corrected chi connectivity index (χ4v) is 4.90. The van der Waals surface area contributed by atoms with Crippen molar-refractivity contribution in [1.29, 1.82) is 0 Å². The van der Waals surface area contributed by atoms with Crippen molar-refractivity contribution in [2.45, 2.75) is 50.1 Å². The predicted molar refractivity (Wildman–Crippen MR) is 118 cm³/mol. The number of thioether (sulfide) groups is 1. The number of anilines is 1. The van der Waals surface area contributed by atoms with E-state index in [1.807, 2.05) is 29.6 Å². The second-order valence-electron chi connectivity index (χ2n) is 7.29. The lowest BCUT2D eigenvalue weighted by atomic mass is 9.89. The van der Waals surface area contributed by atoms with Crippen LogP contribution >= 0.6 is 23.1 Å². The van der Waals surface area contributed by atoms with Crippen LogP contribution < -0.4 is 11.2 Å². The Balaban J connectivity index is 1.33. The van der Waals surface area contributed by atoms with E-state index in [1.54, 1.807) is 4.68 Å². The third-order valence-electron chi connectivity index (χ3n) is 5.09. The Kier molecular flexibility index (Phi) is 6.15. The molecule has 0 radical (unpaired) electrons. The van der Waals surface area contributed by atoms with Crippen LogP contribution in [0.5, 0.6) is 0 Å². The molecule has 3 N–H and O–H groups in total. The first kappa shape index (κ1) is 19.9. The highest BCUT2D eigenvalue weighted by Gasteiger charge is 2.23. The zero-order chi connectivity index (χ0) is 20.2. The number of nitrogen functional groups attached to an aromatic ring is 1. The van der Waals surface area contributed by atoms with Gasteiger partial charge in [-0.25, -0.2) is 9.66 Å². The molecule has 9 heteroatoms. The third-order valence-corrected chi connectivity index (χ3v) is 6.79. The molecule has 152 valence electrons. The minimum atomic E-state index is -0.137. The molecule has 0 spiro atoms. The van der Waals surface area contributed by atoms with Crippen LogP contribution in [0.25, 0.3) is 11.3 Å². The van der Waals surface area contributed by atoms with Gasteiger partial charge in [0.2, 0.25) is 11.1 Å². The average Bonchev–Trinajstić information content (AvgIpc) is 3.34.